The average Bonchev–Trinajstić information content (AvgIpc) is 2.80. The molecule has 0 saturated heterocycles. The van der Waals surface area contributed by atoms with E-state index < -0.39 is 4.92 Å². The molecule has 0 fully saturated rings. The maximum absolute atomic E-state index is 11.2. The number of rotatable bonds is 3. The second-order valence-corrected chi connectivity index (χ2v) is 4.58. The molecule has 0 aliphatic rings. The monoisotopic (exact) mass is 293 g/mol. The highest BCUT2D eigenvalue weighted by atomic mass is 32.1. The van der Waals surface area contributed by atoms with Crippen LogP contribution >= 0.6 is 0 Å². The second kappa shape index (κ2) is 5.66. The van der Waals surface area contributed by atoms with Crippen molar-refractivity contribution in [1.29, 1.82) is 0 Å². The Morgan fingerprint density at radius 1 is 1.40 bits per heavy atom. The summed E-state index contributed by atoms with van der Waals surface area (Å²) in [7, 11) is 1.45. The maximum atomic E-state index is 11.2. The number of benzene rings is 1. The molecule has 1 aromatic carbocycles. The Bertz CT molecular complexity index is 702. The lowest BCUT2D eigenvalue weighted by Gasteiger charge is -2.04. The van der Waals surface area contributed by atoms with Gasteiger partial charge in [-0.15, -0.1) is 0 Å². The van der Waals surface area contributed by atoms with Gasteiger partial charge < -0.3 is 14.9 Å². The molecular weight excluding hydrogens is 282 g/mol. The molecule has 0 unspecified atom stereocenters. The first-order chi connectivity index (χ1) is 9.52. The quantitative estimate of drug-likeness (QED) is 0.485. The van der Waals surface area contributed by atoms with E-state index in [1.165, 1.54) is 11.6 Å². The third kappa shape index (κ3) is 2.75. The minimum atomic E-state index is -0.574. The second-order valence-electron chi connectivity index (χ2n) is 4.04. The van der Waals surface area contributed by atoms with Crippen molar-refractivity contribution >= 4 is 22.1 Å². The van der Waals surface area contributed by atoms with Gasteiger partial charge in [-0.2, -0.15) is 0 Å². The number of ether oxygens (including phenoxy) is 1. The molecule has 1 heterocycles. The van der Waals surface area contributed by atoms with Crippen molar-refractivity contribution in [2.75, 3.05) is 0 Å². The van der Waals surface area contributed by atoms with Gasteiger partial charge in [-0.05, 0) is 24.0 Å². The summed E-state index contributed by atoms with van der Waals surface area (Å²) in [4.78, 5) is 14.0. The van der Waals surface area contributed by atoms with Crippen molar-refractivity contribution in [3.8, 4) is 5.75 Å². The smallest absolute Gasteiger partial charge is 0.343 e. The zero-order valence-electron chi connectivity index (χ0n) is 10.8. The zero-order valence-corrected chi connectivity index (χ0v) is 11.6. The fraction of sp³-hybridized carbons (Fsp3) is 0.167. The molecule has 0 aliphatic carbocycles. The first kappa shape index (κ1) is 13.9. The molecule has 7 nitrogen and oxygen atoms in total. The van der Waals surface area contributed by atoms with Crippen LogP contribution in [0, 0.1) is 17.0 Å². The Morgan fingerprint density at radius 2 is 2.05 bits per heavy atom. The molecular formula is C12H11N3O4S. The molecule has 0 bridgehead atoms. The van der Waals surface area contributed by atoms with Gasteiger partial charge in [0.1, 0.15) is 23.2 Å². The number of hydrogen-bond acceptors (Lipinski definition) is 5. The van der Waals surface area contributed by atoms with Crippen LogP contribution in [0.4, 0.5) is 5.82 Å². The average molecular weight is 293 g/mol. The number of imidazole rings is 1. The van der Waals surface area contributed by atoms with E-state index in [1.807, 2.05) is 19.1 Å². The van der Waals surface area contributed by atoms with E-state index >= 15 is 0 Å². The van der Waals surface area contributed by atoms with Crippen molar-refractivity contribution in [2.45, 2.75) is 6.92 Å². The summed E-state index contributed by atoms with van der Waals surface area (Å²) in [5, 5.41) is 10.7. The van der Waals surface area contributed by atoms with Gasteiger partial charge in [-0.25, -0.2) is 13.8 Å². The number of nitrogens with zero attached hydrogens (tertiary/aromatic N) is 3. The summed E-state index contributed by atoms with van der Waals surface area (Å²) in [6.45, 7) is 1.93. The number of aromatic nitrogens is 2. The number of nitro groups is 1. The van der Waals surface area contributed by atoms with Crippen LogP contribution in [0.5, 0.6) is 5.75 Å². The highest BCUT2D eigenvalue weighted by Gasteiger charge is 2.22. The van der Waals surface area contributed by atoms with Gasteiger partial charge in [0, 0.05) is 0 Å². The van der Waals surface area contributed by atoms with Crippen LogP contribution in [-0.2, 0) is 18.3 Å². The van der Waals surface area contributed by atoms with E-state index in [2.05, 4.69) is 4.98 Å². The molecule has 2 aromatic rings. The Hall–Kier alpha value is -2.48. The molecule has 2 rings (SSSR count). The predicted molar refractivity (Wildman–Crippen MR) is 73.9 cm³/mol. The Balaban J connectivity index is 2.32. The van der Waals surface area contributed by atoms with Crippen LogP contribution in [0.1, 0.15) is 11.4 Å². The highest BCUT2D eigenvalue weighted by Crippen LogP contribution is 2.16. The van der Waals surface area contributed by atoms with Crippen LogP contribution in [0.2, 0.25) is 0 Å². The Morgan fingerprint density at radius 3 is 2.55 bits per heavy atom. The first-order valence-corrected chi connectivity index (χ1v) is 6.35. The third-order valence-electron chi connectivity index (χ3n) is 2.64. The Kier molecular flexibility index (Phi) is 3.94. The van der Waals surface area contributed by atoms with Crippen molar-refractivity contribution in [1.82, 2.24) is 9.55 Å². The van der Waals surface area contributed by atoms with E-state index in [9.17, 15) is 14.3 Å². The predicted octanol–water partition coefficient (Wildman–Crippen LogP) is 1.41. The third-order valence-corrected chi connectivity index (χ3v) is 3.06. The van der Waals surface area contributed by atoms with Gasteiger partial charge in [0.15, 0.2) is 0 Å². The van der Waals surface area contributed by atoms with Crippen LogP contribution < -0.4 is 4.74 Å². The maximum Gasteiger partial charge on any atom is 0.343 e. The summed E-state index contributed by atoms with van der Waals surface area (Å²) < 4.78 is 17.8. The van der Waals surface area contributed by atoms with Crippen molar-refractivity contribution in [3.05, 3.63) is 52.0 Å². The van der Waals surface area contributed by atoms with Gasteiger partial charge in [0.05, 0.1) is 7.05 Å². The minimum Gasteiger partial charge on any atom is -0.439 e. The summed E-state index contributed by atoms with van der Waals surface area (Å²) in [5.74, 6) is 0.385. The van der Waals surface area contributed by atoms with Gasteiger partial charge in [0.25, 0.3) is 10.9 Å². The SMILES string of the molecule is Cc1ccc(OC(=S=O)c2ncc([N+](=O)[O-])n2C)cc1. The highest BCUT2D eigenvalue weighted by molar-refractivity contribution is 7.66. The van der Waals surface area contributed by atoms with E-state index in [0.29, 0.717) is 5.75 Å². The van der Waals surface area contributed by atoms with Crippen molar-refractivity contribution < 1.29 is 13.9 Å². The normalized spacial score (nSPS) is 10.1. The molecule has 0 saturated carbocycles. The molecule has 104 valence electrons. The van der Waals surface area contributed by atoms with E-state index in [1.54, 1.807) is 12.1 Å². The molecule has 0 amide bonds. The summed E-state index contributed by atoms with van der Waals surface area (Å²) in [5.41, 5.74) is 1.06. The van der Waals surface area contributed by atoms with E-state index in [0.717, 1.165) is 11.8 Å². The first-order valence-electron chi connectivity index (χ1n) is 5.60. The minimum absolute atomic E-state index is 0.0375. The van der Waals surface area contributed by atoms with Crippen molar-refractivity contribution in [3.63, 3.8) is 0 Å². The van der Waals surface area contributed by atoms with E-state index in [-0.39, 0.29) is 27.9 Å². The van der Waals surface area contributed by atoms with Gasteiger partial charge in [-0.3, -0.25) is 0 Å². The largest absolute Gasteiger partial charge is 0.439 e. The molecule has 20 heavy (non-hydrogen) atoms. The van der Waals surface area contributed by atoms with Gasteiger partial charge >= 0.3 is 5.82 Å². The molecule has 8 heteroatoms. The fourth-order valence-electron chi connectivity index (χ4n) is 1.57. The van der Waals surface area contributed by atoms with Crippen LogP contribution in [0.3, 0.4) is 0 Å². The fourth-order valence-corrected chi connectivity index (χ4v) is 1.97. The number of aryl methyl sites for hydroxylation is 1. The number of hydrogen-bond donors (Lipinski definition) is 0. The Labute approximate surface area is 118 Å². The molecule has 0 radical (unpaired) electrons. The summed E-state index contributed by atoms with van der Waals surface area (Å²) in [6, 6.07) is 7.10. The van der Waals surface area contributed by atoms with Gasteiger partial charge in [0.2, 0.25) is 0 Å². The molecule has 0 atom stereocenters. The molecule has 0 aliphatic heterocycles. The molecule has 0 spiro atoms. The standard InChI is InChI=1S/C12H11N3O4S/c1-8-3-5-9(6-4-8)19-12(20-18)11-13-7-10(14(11)2)15(16)17/h3-7H,1-2H3. The lowest BCUT2D eigenvalue weighted by atomic mass is 10.2. The van der Waals surface area contributed by atoms with Crippen LogP contribution in [0.25, 0.3) is 0 Å². The topological polar surface area (TPSA) is 87.3 Å². The van der Waals surface area contributed by atoms with Crippen LogP contribution in [-0.4, -0.2) is 23.7 Å². The summed E-state index contributed by atoms with van der Waals surface area (Å²) in [6.07, 6.45) is 1.09. The lowest BCUT2D eigenvalue weighted by molar-refractivity contribution is -0.391. The van der Waals surface area contributed by atoms with Crippen LogP contribution in [0.15, 0.2) is 30.5 Å². The summed E-state index contributed by atoms with van der Waals surface area (Å²) >= 11 is 0.0998. The molecule has 0 N–H and O–H groups in total. The molecule has 1 aromatic heterocycles. The van der Waals surface area contributed by atoms with E-state index in [4.69, 9.17) is 4.74 Å². The van der Waals surface area contributed by atoms with Gasteiger partial charge in [-0.1, -0.05) is 17.7 Å². The van der Waals surface area contributed by atoms with Crippen molar-refractivity contribution in [2.24, 2.45) is 7.05 Å². The zero-order chi connectivity index (χ0) is 14.7. The lowest BCUT2D eigenvalue weighted by Crippen LogP contribution is -2.16.